The average molecular weight is 476 g/mol. The van der Waals surface area contributed by atoms with E-state index in [1.165, 1.54) is 13.2 Å². The van der Waals surface area contributed by atoms with Crippen molar-refractivity contribution in [1.29, 1.82) is 0 Å². The zero-order chi connectivity index (χ0) is 21.4. The standard InChI is InChI=1S/C20H21BrF3NO4/c1-3-28-16-8-6-14(21)11-15(16)25-19(26)9-5-13-4-7-17(18(10-13)27-2)29-12-20(22,23)24/h4,6-8,10-11H,3,5,9,12H2,1-2H3,(H,25,26). The molecule has 0 bridgehead atoms. The molecule has 0 heterocycles. The van der Waals surface area contributed by atoms with Gasteiger partial charge in [0.15, 0.2) is 18.1 Å². The van der Waals surface area contributed by atoms with Crippen molar-refractivity contribution in [1.82, 2.24) is 0 Å². The second-order valence-electron chi connectivity index (χ2n) is 6.01. The lowest BCUT2D eigenvalue weighted by molar-refractivity contribution is -0.153. The Hall–Kier alpha value is -2.42. The summed E-state index contributed by atoms with van der Waals surface area (Å²) in [7, 11) is 1.34. The lowest BCUT2D eigenvalue weighted by atomic mass is 10.1. The van der Waals surface area contributed by atoms with Crippen molar-refractivity contribution < 1.29 is 32.2 Å². The normalized spacial score (nSPS) is 11.1. The molecule has 0 atom stereocenters. The molecule has 29 heavy (non-hydrogen) atoms. The molecule has 1 amide bonds. The SMILES string of the molecule is CCOc1ccc(Br)cc1NC(=O)CCc1ccc(OCC(F)(F)F)c(OC)c1. The summed E-state index contributed by atoms with van der Waals surface area (Å²) in [6.45, 7) is 0.913. The van der Waals surface area contributed by atoms with Gasteiger partial charge in [-0.25, -0.2) is 0 Å². The molecule has 0 radical (unpaired) electrons. The fourth-order valence-corrected chi connectivity index (χ4v) is 2.86. The summed E-state index contributed by atoms with van der Waals surface area (Å²) in [5, 5.41) is 2.81. The summed E-state index contributed by atoms with van der Waals surface area (Å²) in [5.41, 5.74) is 1.29. The highest BCUT2D eigenvalue weighted by Crippen LogP contribution is 2.31. The fourth-order valence-electron chi connectivity index (χ4n) is 2.50. The highest BCUT2D eigenvalue weighted by Gasteiger charge is 2.29. The van der Waals surface area contributed by atoms with Crippen molar-refractivity contribution in [2.45, 2.75) is 25.9 Å². The van der Waals surface area contributed by atoms with Gasteiger partial charge >= 0.3 is 6.18 Å². The number of hydrogen-bond acceptors (Lipinski definition) is 4. The summed E-state index contributed by atoms with van der Waals surface area (Å²) < 4.78 is 53.1. The Labute approximate surface area is 175 Å². The van der Waals surface area contributed by atoms with E-state index in [-0.39, 0.29) is 23.8 Å². The van der Waals surface area contributed by atoms with Crippen LogP contribution in [-0.4, -0.2) is 32.4 Å². The molecule has 5 nitrogen and oxygen atoms in total. The van der Waals surface area contributed by atoms with E-state index >= 15 is 0 Å². The van der Waals surface area contributed by atoms with Gasteiger partial charge in [0.05, 0.1) is 19.4 Å². The summed E-state index contributed by atoms with van der Waals surface area (Å²) in [6, 6.07) is 9.89. The van der Waals surface area contributed by atoms with E-state index in [9.17, 15) is 18.0 Å². The third kappa shape index (κ3) is 7.49. The van der Waals surface area contributed by atoms with E-state index in [1.807, 2.05) is 13.0 Å². The second-order valence-corrected chi connectivity index (χ2v) is 6.93. The summed E-state index contributed by atoms with van der Waals surface area (Å²) in [5.74, 6) is 0.517. The topological polar surface area (TPSA) is 56.8 Å². The van der Waals surface area contributed by atoms with Gasteiger partial charge in [0.25, 0.3) is 0 Å². The zero-order valence-corrected chi connectivity index (χ0v) is 17.5. The Morgan fingerprint density at radius 1 is 1.07 bits per heavy atom. The fraction of sp³-hybridized carbons (Fsp3) is 0.350. The van der Waals surface area contributed by atoms with Crippen LogP contribution in [0.1, 0.15) is 18.9 Å². The predicted molar refractivity (Wildman–Crippen MR) is 107 cm³/mol. The van der Waals surface area contributed by atoms with Crippen LogP contribution in [0.25, 0.3) is 0 Å². The second kappa shape index (κ2) is 10.4. The summed E-state index contributed by atoms with van der Waals surface area (Å²) >= 11 is 3.36. The van der Waals surface area contributed by atoms with Gasteiger partial charge in [-0.15, -0.1) is 0 Å². The number of hydrogen-bond donors (Lipinski definition) is 1. The molecule has 9 heteroatoms. The number of anilines is 1. The highest BCUT2D eigenvalue weighted by atomic mass is 79.9. The number of halogens is 4. The molecule has 0 unspecified atom stereocenters. The van der Waals surface area contributed by atoms with E-state index in [0.717, 1.165) is 10.0 Å². The number of amides is 1. The third-order valence-electron chi connectivity index (χ3n) is 3.78. The maximum Gasteiger partial charge on any atom is 0.422 e. The Kier molecular flexibility index (Phi) is 8.19. The molecule has 0 aliphatic rings. The predicted octanol–water partition coefficient (Wildman–Crippen LogP) is 5.37. The minimum atomic E-state index is -4.44. The van der Waals surface area contributed by atoms with Gasteiger partial charge in [0.2, 0.25) is 5.91 Å². The van der Waals surface area contributed by atoms with Crippen LogP contribution in [0.2, 0.25) is 0 Å². The zero-order valence-electron chi connectivity index (χ0n) is 15.9. The highest BCUT2D eigenvalue weighted by molar-refractivity contribution is 9.10. The van der Waals surface area contributed by atoms with Crippen LogP contribution in [0.3, 0.4) is 0 Å². The van der Waals surface area contributed by atoms with E-state index in [4.69, 9.17) is 14.2 Å². The number of methoxy groups -OCH3 is 1. The minimum Gasteiger partial charge on any atom is -0.493 e. The first kappa shape index (κ1) is 22.9. The van der Waals surface area contributed by atoms with E-state index in [0.29, 0.717) is 24.5 Å². The molecule has 0 spiro atoms. The first-order valence-electron chi connectivity index (χ1n) is 8.80. The van der Waals surface area contributed by atoms with Crippen LogP contribution in [0, 0.1) is 0 Å². The molecule has 0 fully saturated rings. The van der Waals surface area contributed by atoms with E-state index < -0.39 is 12.8 Å². The maximum absolute atomic E-state index is 12.3. The quantitative estimate of drug-likeness (QED) is 0.529. The van der Waals surface area contributed by atoms with Gasteiger partial charge in [-0.3, -0.25) is 4.79 Å². The molecule has 0 aliphatic heterocycles. The van der Waals surface area contributed by atoms with Crippen LogP contribution >= 0.6 is 15.9 Å². The summed E-state index contributed by atoms with van der Waals surface area (Å²) in [6.07, 6.45) is -3.89. The molecule has 1 N–H and O–H groups in total. The number of nitrogens with one attached hydrogen (secondary N) is 1. The third-order valence-corrected chi connectivity index (χ3v) is 4.27. The lowest BCUT2D eigenvalue weighted by Gasteiger charge is -2.14. The Balaban J connectivity index is 1.99. The number of rotatable bonds is 9. The number of ether oxygens (including phenoxy) is 3. The first-order chi connectivity index (χ1) is 13.7. The number of aryl methyl sites for hydroxylation is 1. The first-order valence-corrected chi connectivity index (χ1v) is 9.59. The molecular formula is C20H21BrF3NO4. The summed E-state index contributed by atoms with van der Waals surface area (Å²) in [4.78, 5) is 12.3. The number of carbonyl (C=O) groups excluding carboxylic acids is 1. The van der Waals surface area contributed by atoms with Crippen molar-refractivity contribution in [3.05, 3.63) is 46.4 Å². The molecule has 0 saturated heterocycles. The van der Waals surface area contributed by atoms with Crippen molar-refractivity contribution in [3.8, 4) is 17.2 Å². The van der Waals surface area contributed by atoms with Gasteiger partial charge in [-0.1, -0.05) is 22.0 Å². The monoisotopic (exact) mass is 475 g/mol. The molecular weight excluding hydrogens is 455 g/mol. The van der Waals surface area contributed by atoms with Crippen LogP contribution in [0.15, 0.2) is 40.9 Å². The Morgan fingerprint density at radius 3 is 2.45 bits per heavy atom. The number of alkyl halides is 3. The van der Waals surface area contributed by atoms with Crippen molar-refractivity contribution >= 4 is 27.5 Å². The van der Waals surface area contributed by atoms with E-state index in [1.54, 1.807) is 24.3 Å². The van der Waals surface area contributed by atoms with Crippen LogP contribution < -0.4 is 19.5 Å². The van der Waals surface area contributed by atoms with Gasteiger partial charge < -0.3 is 19.5 Å². The van der Waals surface area contributed by atoms with Gasteiger partial charge in [0, 0.05) is 10.9 Å². The van der Waals surface area contributed by atoms with Gasteiger partial charge in [-0.2, -0.15) is 13.2 Å². The van der Waals surface area contributed by atoms with Crippen LogP contribution in [-0.2, 0) is 11.2 Å². The molecule has 2 aromatic rings. The maximum atomic E-state index is 12.3. The number of benzene rings is 2. The lowest BCUT2D eigenvalue weighted by Crippen LogP contribution is -2.19. The molecule has 0 aliphatic carbocycles. The smallest absolute Gasteiger partial charge is 0.422 e. The van der Waals surface area contributed by atoms with Gasteiger partial charge in [0.1, 0.15) is 5.75 Å². The minimum absolute atomic E-state index is 0.00600. The average Bonchev–Trinajstić information content (AvgIpc) is 2.66. The molecule has 2 rings (SSSR count). The Morgan fingerprint density at radius 2 is 1.79 bits per heavy atom. The van der Waals surface area contributed by atoms with Crippen LogP contribution in [0.5, 0.6) is 17.2 Å². The van der Waals surface area contributed by atoms with Crippen molar-refractivity contribution in [3.63, 3.8) is 0 Å². The molecule has 0 saturated carbocycles. The van der Waals surface area contributed by atoms with Crippen LogP contribution in [0.4, 0.5) is 18.9 Å². The van der Waals surface area contributed by atoms with Crippen molar-refractivity contribution in [2.24, 2.45) is 0 Å². The molecule has 0 aromatic heterocycles. The molecule has 2 aromatic carbocycles. The van der Waals surface area contributed by atoms with Crippen molar-refractivity contribution in [2.75, 3.05) is 25.6 Å². The molecule has 158 valence electrons. The van der Waals surface area contributed by atoms with Gasteiger partial charge in [-0.05, 0) is 49.2 Å². The van der Waals surface area contributed by atoms with E-state index in [2.05, 4.69) is 21.2 Å². The Bertz CT molecular complexity index is 843. The largest absolute Gasteiger partial charge is 0.493 e. The number of carbonyl (C=O) groups is 1.